The maximum Gasteiger partial charge on any atom is 0.350 e. The Hall–Kier alpha value is -3.71. The molecule has 4 aromatic rings. The van der Waals surface area contributed by atoms with Gasteiger partial charge in [-0.25, -0.2) is 14.8 Å². The minimum atomic E-state index is -0.395. The van der Waals surface area contributed by atoms with Crippen molar-refractivity contribution in [1.29, 1.82) is 0 Å². The molecule has 2 aromatic heterocycles. The minimum Gasteiger partial charge on any atom is -0.462 e. The Bertz CT molecular complexity index is 1280. The predicted octanol–water partition coefficient (Wildman–Crippen LogP) is 7.22. The number of carbonyl (C=O) groups is 1. The van der Waals surface area contributed by atoms with E-state index in [2.05, 4.69) is 37.1 Å². The maximum atomic E-state index is 12.6. The lowest BCUT2D eigenvalue weighted by Gasteiger charge is -2.22. The number of pyridine rings is 1. The molecule has 174 valence electrons. The van der Waals surface area contributed by atoms with Gasteiger partial charge in [-0.1, -0.05) is 80.6 Å². The summed E-state index contributed by atoms with van der Waals surface area (Å²) in [5, 5.41) is 3.84. The number of anilines is 2. The third kappa shape index (κ3) is 5.26. The van der Waals surface area contributed by atoms with E-state index in [1.165, 1.54) is 11.3 Å². The Balaban J connectivity index is 1.68. The van der Waals surface area contributed by atoms with Crippen molar-refractivity contribution in [2.24, 2.45) is 0 Å². The zero-order chi connectivity index (χ0) is 24.1. The number of hydrogen-bond donors (Lipinski definition) is 1. The molecule has 0 spiro atoms. The predicted molar refractivity (Wildman–Crippen MR) is 136 cm³/mol. The quantitative estimate of drug-likeness (QED) is 0.286. The molecule has 1 N–H and O–H groups in total. The number of esters is 1. The fourth-order valence-corrected chi connectivity index (χ4v) is 4.36. The summed E-state index contributed by atoms with van der Waals surface area (Å²) in [6.45, 7) is 8.51. The zero-order valence-corrected chi connectivity index (χ0v) is 20.5. The first-order valence-corrected chi connectivity index (χ1v) is 11.9. The van der Waals surface area contributed by atoms with Crippen LogP contribution in [-0.4, -0.2) is 22.5 Å². The molecule has 0 atom stereocenters. The number of rotatable bonds is 7. The fraction of sp³-hybridized carbons (Fsp3) is 0.222. The van der Waals surface area contributed by atoms with Gasteiger partial charge in [0.15, 0.2) is 5.13 Å². The smallest absolute Gasteiger partial charge is 0.350 e. The van der Waals surface area contributed by atoms with Gasteiger partial charge in [-0.3, -0.25) is 0 Å². The highest BCUT2D eigenvalue weighted by Crippen LogP contribution is 2.38. The van der Waals surface area contributed by atoms with Gasteiger partial charge in [-0.15, -0.1) is 0 Å². The number of hydrogen-bond acceptors (Lipinski definition) is 7. The molecule has 0 unspecified atom stereocenters. The highest BCUT2D eigenvalue weighted by Gasteiger charge is 2.23. The molecule has 0 saturated heterocycles. The largest absolute Gasteiger partial charge is 0.462 e. The van der Waals surface area contributed by atoms with Crippen LogP contribution in [-0.2, 0) is 10.2 Å². The molecule has 7 heteroatoms. The van der Waals surface area contributed by atoms with Crippen LogP contribution >= 0.6 is 11.3 Å². The van der Waals surface area contributed by atoms with Crippen molar-refractivity contribution in [2.75, 3.05) is 11.9 Å². The second kappa shape index (κ2) is 10.1. The third-order valence-corrected chi connectivity index (χ3v) is 6.00. The number of para-hydroxylation sites is 1. The second-order valence-corrected chi connectivity index (χ2v) is 9.61. The van der Waals surface area contributed by atoms with Crippen molar-refractivity contribution in [3.05, 3.63) is 83.4 Å². The average molecular weight is 474 g/mol. The Morgan fingerprint density at radius 1 is 1.00 bits per heavy atom. The fourth-order valence-electron chi connectivity index (χ4n) is 3.46. The normalized spacial score (nSPS) is 11.2. The summed E-state index contributed by atoms with van der Waals surface area (Å²) < 4.78 is 11.5. The van der Waals surface area contributed by atoms with E-state index in [1.807, 2.05) is 60.7 Å². The van der Waals surface area contributed by atoms with Crippen LogP contribution in [0.25, 0.3) is 11.3 Å². The molecule has 0 fully saturated rings. The van der Waals surface area contributed by atoms with Crippen LogP contribution in [0, 0.1) is 0 Å². The highest BCUT2D eigenvalue weighted by molar-refractivity contribution is 7.18. The van der Waals surface area contributed by atoms with Crippen molar-refractivity contribution < 1.29 is 14.3 Å². The lowest BCUT2D eigenvalue weighted by Crippen LogP contribution is -2.12. The first kappa shape index (κ1) is 23.4. The Morgan fingerprint density at radius 2 is 1.74 bits per heavy atom. The van der Waals surface area contributed by atoms with E-state index in [0.29, 0.717) is 33.9 Å². The third-order valence-electron chi connectivity index (χ3n) is 5.05. The standard InChI is InChI=1S/C27H27N3O3S/c1-5-32-25(31)23-22(18-12-7-6-8-13-18)30-26(34-23)29-20-15-11-17-28-24(20)33-21-16-10-9-14-19(21)27(2,3)4/h6-17H,5H2,1-4H3,(H,29,30). The molecule has 0 amide bonds. The molecule has 0 saturated carbocycles. The monoisotopic (exact) mass is 473 g/mol. The van der Waals surface area contributed by atoms with Gasteiger partial charge in [0.1, 0.15) is 16.3 Å². The number of nitrogens with one attached hydrogen (secondary N) is 1. The van der Waals surface area contributed by atoms with Crippen molar-refractivity contribution in [1.82, 2.24) is 9.97 Å². The molecule has 0 radical (unpaired) electrons. The number of carbonyl (C=O) groups excluding carboxylic acids is 1. The van der Waals surface area contributed by atoms with E-state index in [-0.39, 0.29) is 5.41 Å². The lowest BCUT2D eigenvalue weighted by atomic mass is 9.86. The highest BCUT2D eigenvalue weighted by atomic mass is 32.1. The molecule has 0 aliphatic carbocycles. The van der Waals surface area contributed by atoms with Crippen LogP contribution in [0.15, 0.2) is 72.9 Å². The van der Waals surface area contributed by atoms with Gasteiger partial charge in [0, 0.05) is 17.3 Å². The molecule has 0 aliphatic heterocycles. The topological polar surface area (TPSA) is 73.3 Å². The summed E-state index contributed by atoms with van der Waals surface area (Å²) in [4.78, 5) is 22.2. The van der Waals surface area contributed by atoms with Gasteiger partial charge in [0.2, 0.25) is 5.88 Å². The summed E-state index contributed by atoms with van der Waals surface area (Å²) in [5.41, 5.74) is 3.06. The van der Waals surface area contributed by atoms with Crippen LogP contribution < -0.4 is 10.1 Å². The molecular weight excluding hydrogens is 446 g/mol. The number of thiazole rings is 1. The number of ether oxygens (including phenoxy) is 2. The van der Waals surface area contributed by atoms with Crippen LogP contribution in [0.5, 0.6) is 11.6 Å². The summed E-state index contributed by atoms with van der Waals surface area (Å²) in [6, 6.07) is 21.2. The Kier molecular flexibility index (Phi) is 6.93. The zero-order valence-electron chi connectivity index (χ0n) is 19.7. The van der Waals surface area contributed by atoms with E-state index in [4.69, 9.17) is 14.5 Å². The van der Waals surface area contributed by atoms with Gasteiger partial charge >= 0.3 is 5.97 Å². The number of aromatic nitrogens is 2. The molecule has 2 heterocycles. The lowest BCUT2D eigenvalue weighted by molar-refractivity contribution is 0.0532. The van der Waals surface area contributed by atoms with E-state index >= 15 is 0 Å². The summed E-state index contributed by atoms with van der Waals surface area (Å²) in [7, 11) is 0. The number of nitrogens with zero attached hydrogens (tertiary/aromatic N) is 2. The van der Waals surface area contributed by atoms with Crippen molar-refractivity contribution in [2.45, 2.75) is 33.1 Å². The Labute approximate surface area is 203 Å². The first-order valence-electron chi connectivity index (χ1n) is 11.1. The summed E-state index contributed by atoms with van der Waals surface area (Å²) in [5.74, 6) is 0.773. The van der Waals surface area contributed by atoms with Crippen LogP contribution in [0.2, 0.25) is 0 Å². The minimum absolute atomic E-state index is 0.0899. The SMILES string of the molecule is CCOC(=O)c1sc(Nc2cccnc2Oc2ccccc2C(C)(C)C)nc1-c1ccccc1. The summed E-state index contributed by atoms with van der Waals surface area (Å²) in [6.07, 6.45) is 1.68. The number of benzene rings is 2. The molecule has 2 aromatic carbocycles. The van der Waals surface area contributed by atoms with Crippen molar-refractivity contribution >= 4 is 28.1 Å². The van der Waals surface area contributed by atoms with Gasteiger partial charge in [0.05, 0.1) is 12.3 Å². The van der Waals surface area contributed by atoms with E-state index in [1.54, 1.807) is 13.1 Å². The van der Waals surface area contributed by atoms with Gasteiger partial charge in [-0.2, -0.15) is 0 Å². The van der Waals surface area contributed by atoms with Gasteiger partial charge < -0.3 is 14.8 Å². The van der Waals surface area contributed by atoms with Gasteiger partial charge in [-0.05, 0) is 30.5 Å². The van der Waals surface area contributed by atoms with E-state index in [9.17, 15) is 4.79 Å². The second-order valence-electron chi connectivity index (χ2n) is 8.61. The van der Waals surface area contributed by atoms with Crippen LogP contribution in [0.4, 0.5) is 10.8 Å². The van der Waals surface area contributed by atoms with Gasteiger partial charge in [0.25, 0.3) is 0 Å². The summed E-state index contributed by atoms with van der Waals surface area (Å²) >= 11 is 1.24. The maximum absolute atomic E-state index is 12.6. The molecule has 4 rings (SSSR count). The van der Waals surface area contributed by atoms with Crippen molar-refractivity contribution in [3.63, 3.8) is 0 Å². The molecular formula is C27H27N3O3S. The van der Waals surface area contributed by atoms with Crippen LogP contribution in [0.1, 0.15) is 42.9 Å². The van der Waals surface area contributed by atoms with E-state index in [0.717, 1.165) is 16.9 Å². The molecule has 6 nitrogen and oxygen atoms in total. The average Bonchev–Trinajstić information content (AvgIpc) is 3.25. The Morgan fingerprint density at radius 3 is 2.47 bits per heavy atom. The molecule has 0 aliphatic rings. The van der Waals surface area contributed by atoms with E-state index < -0.39 is 5.97 Å². The molecule has 0 bridgehead atoms. The first-order chi connectivity index (χ1) is 16.4. The van der Waals surface area contributed by atoms with Crippen molar-refractivity contribution in [3.8, 4) is 22.9 Å². The van der Waals surface area contributed by atoms with Crippen LogP contribution in [0.3, 0.4) is 0 Å². The molecule has 34 heavy (non-hydrogen) atoms.